The molecule has 0 radical (unpaired) electrons. The molecule has 2 aliphatic rings. The second kappa shape index (κ2) is 2.71. The van der Waals surface area contributed by atoms with E-state index in [9.17, 15) is 9.90 Å². The van der Waals surface area contributed by atoms with Gasteiger partial charge in [0.1, 0.15) is 6.10 Å². The number of rotatable bonds is 0. The highest BCUT2D eigenvalue weighted by Gasteiger charge is 2.40. The molecular formula is C8H14N2O2. The van der Waals surface area contributed by atoms with Gasteiger partial charge in [0.05, 0.1) is 0 Å². The van der Waals surface area contributed by atoms with Crippen molar-refractivity contribution in [1.29, 1.82) is 0 Å². The predicted octanol–water partition coefficient (Wildman–Crippen LogP) is -1.11. The Kier molecular flexibility index (Phi) is 1.81. The van der Waals surface area contributed by atoms with Crippen molar-refractivity contribution in [3.05, 3.63) is 0 Å². The van der Waals surface area contributed by atoms with Gasteiger partial charge in [-0.15, -0.1) is 0 Å². The molecule has 0 spiro atoms. The van der Waals surface area contributed by atoms with Crippen LogP contribution in [-0.4, -0.2) is 59.6 Å². The number of aliphatic hydroxyl groups is 1. The van der Waals surface area contributed by atoms with Gasteiger partial charge in [0.2, 0.25) is 0 Å². The van der Waals surface area contributed by atoms with Crippen LogP contribution in [0.25, 0.3) is 0 Å². The zero-order chi connectivity index (χ0) is 8.72. The predicted molar refractivity (Wildman–Crippen MR) is 43.6 cm³/mol. The summed E-state index contributed by atoms with van der Waals surface area (Å²) in [4.78, 5) is 15.3. The minimum atomic E-state index is -0.735. The van der Waals surface area contributed by atoms with Crippen LogP contribution in [0.2, 0.25) is 0 Å². The lowest BCUT2D eigenvalue weighted by Gasteiger charge is -2.35. The molecular weight excluding hydrogens is 156 g/mol. The van der Waals surface area contributed by atoms with E-state index < -0.39 is 6.10 Å². The lowest BCUT2D eigenvalue weighted by atomic mass is 10.1. The molecule has 0 aliphatic carbocycles. The average molecular weight is 170 g/mol. The topological polar surface area (TPSA) is 43.8 Å². The lowest BCUT2D eigenvalue weighted by Crippen LogP contribution is -2.50. The summed E-state index contributed by atoms with van der Waals surface area (Å²) in [6, 6.07) is 0.256. The molecule has 2 atom stereocenters. The maximum atomic E-state index is 11.3. The molecule has 2 unspecified atom stereocenters. The third-order valence-electron chi connectivity index (χ3n) is 2.75. The van der Waals surface area contributed by atoms with E-state index in [1.54, 1.807) is 0 Å². The molecule has 68 valence electrons. The second-order valence-corrected chi connectivity index (χ2v) is 3.70. The Balaban J connectivity index is 2.09. The van der Waals surface area contributed by atoms with Crippen LogP contribution >= 0.6 is 0 Å². The van der Waals surface area contributed by atoms with Crippen molar-refractivity contribution in [3.8, 4) is 0 Å². The van der Waals surface area contributed by atoms with E-state index in [0.717, 1.165) is 19.6 Å². The molecule has 1 amide bonds. The van der Waals surface area contributed by atoms with E-state index in [-0.39, 0.29) is 11.9 Å². The monoisotopic (exact) mass is 170 g/mol. The van der Waals surface area contributed by atoms with Crippen LogP contribution < -0.4 is 0 Å². The zero-order valence-corrected chi connectivity index (χ0v) is 7.23. The fourth-order valence-corrected chi connectivity index (χ4v) is 2.05. The van der Waals surface area contributed by atoms with Crippen molar-refractivity contribution in [1.82, 2.24) is 9.80 Å². The standard InChI is InChI=1S/C8H14N2O2/c1-9-2-3-10-6(5-9)4-7(11)8(10)12/h6-7,11H,2-5H2,1H3. The van der Waals surface area contributed by atoms with Crippen LogP contribution in [0.3, 0.4) is 0 Å². The molecule has 0 aromatic rings. The minimum Gasteiger partial charge on any atom is -0.383 e. The van der Waals surface area contributed by atoms with Gasteiger partial charge < -0.3 is 14.9 Å². The average Bonchev–Trinajstić information content (AvgIpc) is 2.28. The lowest BCUT2D eigenvalue weighted by molar-refractivity contribution is -0.136. The summed E-state index contributed by atoms with van der Waals surface area (Å²) in [5.41, 5.74) is 0. The molecule has 0 aromatic heterocycles. The number of likely N-dealkylation sites (N-methyl/N-ethyl adjacent to an activating group) is 1. The molecule has 2 saturated heterocycles. The number of hydrogen-bond donors (Lipinski definition) is 1. The molecule has 0 aromatic carbocycles. The van der Waals surface area contributed by atoms with Gasteiger partial charge >= 0.3 is 0 Å². The fraction of sp³-hybridized carbons (Fsp3) is 0.875. The van der Waals surface area contributed by atoms with Crippen molar-refractivity contribution < 1.29 is 9.90 Å². The number of hydrogen-bond acceptors (Lipinski definition) is 3. The minimum absolute atomic E-state index is 0.0758. The first-order valence-electron chi connectivity index (χ1n) is 4.35. The van der Waals surface area contributed by atoms with Crippen molar-refractivity contribution in [2.45, 2.75) is 18.6 Å². The Morgan fingerprint density at radius 2 is 2.25 bits per heavy atom. The summed E-state index contributed by atoms with van der Waals surface area (Å²) in [6.45, 7) is 2.61. The van der Waals surface area contributed by atoms with Gasteiger partial charge in [-0.25, -0.2) is 0 Å². The zero-order valence-electron chi connectivity index (χ0n) is 7.23. The van der Waals surface area contributed by atoms with E-state index in [1.165, 1.54) is 0 Å². The number of amides is 1. The van der Waals surface area contributed by atoms with Gasteiger partial charge in [0.25, 0.3) is 5.91 Å². The van der Waals surface area contributed by atoms with Crippen LogP contribution in [0.4, 0.5) is 0 Å². The summed E-state index contributed by atoms with van der Waals surface area (Å²) >= 11 is 0. The summed E-state index contributed by atoms with van der Waals surface area (Å²) in [6.07, 6.45) is -0.120. The van der Waals surface area contributed by atoms with E-state index in [1.807, 2.05) is 11.9 Å². The molecule has 2 rings (SSSR count). The van der Waals surface area contributed by atoms with Gasteiger partial charge in [-0.2, -0.15) is 0 Å². The highest BCUT2D eigenvalue weighted by atomic mass is 16.3. The second-order valence-electron chi connectivity index (χ2n) is 3.70. The van der Waals surface area contributed by atoms with E-state index in [4.69, 9.17) is 0 Å². The summed E-state index contributed by atoms with van der Waals surface area (Å²) < 4.78 is 0. The van der Waals surface area contributed by atoms with Crippen LogP contribution in [0.15, 0.2) is 0 Å². The number of nitrogens with zero attached hydrogens (tertiary/aromatic N) is 2. The van der Waals surface area contributed by atoms with Gasteiger partial charge in [-0.1, -0.05) is 0 Å². The largest absolute Gasteiger partial charge is 0.383 e. The highest BCUT2D eigenvalue weighted by Crippen LogP contribution is 2.22. The first-order valence-corrected chi connectivity index (χ1v) is 4.35. The number of aliphatic hydroxyl groups excluding tert-OH is 1. The number of piperazine rings is 1. The Morgan fingerprint density at radius 3 is 3.00 bits per heavy atom. The van der Waals surface area contributed by atoms with Crippen LogP contribution in [-0.2, 0) is 4.79 Å². The van der Waals surface area contributed by atoms with Crippen LogP contribution in [0.5, 0.6) is 0 Å². The van der Waals surface area contributed by atoms with E-state index >= 15 is 0 Å². The Bertz CT molecular complexity index is 207. The first kappa shape index (κ1) is 8.01. The van der Waals surface area contributed by atoms with E-state index in [2.05, 4.69) is 4.90 Å². The van der Waals surface area contributed by atoms with Crippen molar-refractivity contribution in [3.63, 3.8) is 0 Å². The van der Waals surface area contributed by atoms with Crippen LogP contribution in [0.1, 0.15) is 6.42 Å². The molecule has 1 N–H and O–H groups in total. The summed E-state index contributed by atoms with van der Waals surface area (Å²) in [7, 11) is 2.05. The molecule has 0 saturated carbocycles. The molecule has 2 fully saturated rings. The first-order chi connectivity index (χ1) is 5.68. The highest BCUT2D eigenvalue weighted by molar-refractivity contribution is 5.83. The third kappa shape index (κ3) is 1.11. The molecule has 2 heterocycles. The Morgan fingerprint density at radius 1 is 1.50 bits per heavy atom. The van der Waals surface area contributed by atoms with Crippen molar-refractivity contribution in [2.24, 2.45) is 0 Å². The number of carbonyl (C=O) groups excluding carboxylic acids is 1. The normalized spacial score (nSPS) is 37.2. The summed E-state index contributed by atoms with van der Waals surface area (Å²) in [5.74, 6) is -0.0758. The molecule has 0 bridgehead atoms. The third-order valence-corrected chi connectivity index (χ3v) is 2.75. The molecule has 4 nitrogen and oxygen atoms in total. The molecule has 2 aliphatic heterocycles. The maximum Gasteiger partial charge on any atom is 0.251 e. The van der Waals surface area contributed by atoms with E-state index in [0.29, 0.717) is 6.42 Å². The van der Waals surface area contributed by atoms with Gasteiger partial charge in [-0.05, 0) is 7.05 Å². The van der Waals surface area contributed by atoms with Crippen LogP contribution in [0, 0.1) is 0 Å². The van der Waals surface area contributed by atoms with Gasteiger partial charge in [-0.3, -0.25) is 4.79 Å². The molecule has 4 heteroatoms. The van der Waals surface area contributed by atoms with Gasteiger partial charge in [0.15, 0.2) is 0 Å². The smallest absolute Gasteiger partial charge is 0.251 e. The maximum absolute atomic E-state index is 11.3. The van der Waals surface area contributed by atoms with Crippen molar-refractivity contribution in [2.75, 3.05) is 26.7 Å². The molecule has 12 heavy (non-hydrogen) atoms. The Hall–Kier alpha value is -0.610. The summed E-state index contributed by atoms with van der Waals surface area (Å²) in [5, 5.41) is 9.31. The fourth-order valence-electron chi connectivity index (χ4n) is 2.05. The number of carbonyl (C=O) groups is 1. The Labute approximate surface area is 71.8 Å². The quantitative estimate of drug-likeness (QED) is 0.501. The number of fused-ring (bicyclic) bond motifs is 1. The van der Waals surface area contributed by atoms with Crippen molar-refractivity contribution >= 4 is 5.91 Å². The SMILES string of the molecule is CN1CCN2C(=O)C(O)CC2C1. The van der Waals surface area contributed by atoms with Gasteiger partial charge in [0, 0.05) is 32.1 Å².